The van der Waals surface area contributed by atoms with Gasteiger partial charge in [-0.3, -0.25) is 0 Å². The van der Waals surface area contributed by atoms with Crippen LogP contribution in [0.15, 0.2) is 66.7 Å². The fourth-order valence-corrected chi connectivity index (χ4v) is 3.67. The van der Waals surface area contributed by atoms with Crippen molar-refractivity contribution in [3.05, 3.63) is 89.2 Å². The number of benzene rings is 3. The van der Waals surface area contributed by atoms with E-state index in [0.29, 0.717) is 51.0 Å². The van der Waals surface area contributed by atoms with Crippen molar-refractivity contribution in [3.63, 3.8) is 0 Å². The molecule has 0 spiro atoms. The van der Waals surface area contributed by atoms with Gasteiger partial charge in [0, 0.05) is 5.56 Å². The summed E-state index contributed by atoms with van der Waals surface area (Å²) in [5, 5.41) is 2.95. The van der Waals surface area contributed by atoms with E-state index in [1.165, 1.54) is 12.1 Å². The van der Waals surface area contributed by atoms with Crippen molar-refractivity contribution < 1.29 is 23.4 Å². The van der Waals surface area contributed by atoms with Crippen LogP contribution in [0.1, 0.15) is 23.6 Å². The van der Waals surface area contributed by atoms with E-state index in [-0.39, 0.29) is 11.8 Å². The van der Waals surface area contributed by atoms with Crippen LogP contribution in [-0.2, 0) is 24.5 Å². The summed E-state index contributed by atoms with van der Waals surface area (Å²) in [5.74, 6) is 1.12. The fourth-order valence-electron chi connectivity index (χ4n) is 3.67. The molecular formula is C26H27FN2O4. The zero-order valence-electron chi connectivity index (χ0n) is 18.6. The van der Waals surface area contributed by atoms with Crippen LogP contribution in [0.5, 0.6) is 11.5 Å². The Kier molecular flexibility index (Phi) is 7.42. The topological polar surface area (TPSA) is 60.0 Å². The molecule has 0 aromatic heterocycles. The van der Waals surface area contributed by atoms with Gasteiger partial charge in [0.05, 0.1) is 38.6 Å². The van der Waals surface area contributed by atoms with E-state index in [1.807, 2.05) is 55.5 Å². The monoisotopic (exact) mass is 450 g/mol. The number of nitrogens with zero attached hydrogens (tertiary/aromatic N) is 1. The van der Waals surface area contributed by atoms with Crippen LogP contribution in [-0.4, -0.2) is 30.7 Å². The Bertz CT molecular complexity index is 1110. The first-order valence-corrected chi connectivity index (χ1v) is 11.0. The van der Waals surface area contributed by atoms with Crippen molar-refractivity contribution in [3.8, 4) is 11.5 Å². The van der Waals surface area contributed by atoms with Crippen molar-refractivity contribution in [2.24, 2.45) is 0 Å². The predicted molar refractivity (Wildman–Crippen MR) is 124 cm³/mol. The number of para-hydroxylation sites is 2. The fraction of sp³-hybridized carbons (Fsp3) is 0.269. The van der Waals surface area contributed by atoms with Gasteiger partial charge in [-0.05, 0) is 54.4 Å². The summed E-state index contributed by atoms with van der Waals surface area (Å²) in [6.45, 7) is 4.39. The highest BCUT2D eigenvalue weighted by Crippen LogP contribution is 2.27. The van der Waals surface area contributed by atoms with E-state index in [2.05, 4.69) is 5.32 Å². The molecule has 0 bridgehead atoms. The molecule has 0 unspecified atom stereocenters. The molecule has 0 fully saturated rings. The zero-order valence-corrected chi connectivity index (χ0v) is 18.6. The molecule has 3 aromatic carbocycles. The molecule has 0 aliphatic carbocycles. The summed E-state index contributed by atoms with van der Waals surface area (Å²) in [6.07, 6.45) is 0. The van der Waals surface area contributed by atoms with Gasteiger partial charge in [0.2, 0.25) is 0 Å². The van der Waals surface area contributed by atoms with Gasteiger partial charge < -0.3 is 24.4 Å². The van der Waals surface area contributed by atoms with Gasteiger partial charge in [0.25, 0.3) is 0 Å². The minimum Gasteiger partial charge on any atom is -0.492 e. The number of anilines is 1. The number of ether oxygens (including phenoxy) is 3. The maximum absolute atomic E-state index is 13.3. The van der Waals surface area contributed by atoms with Gasteiger partial charge in [-0.1, -0.05) is 30.3 Å². The Morgan fingerprint density at radius 1 is 1.06 bits per heavy atom. The van der Waals surface area contributed by atoms with E-state index in [0.717, 1.165) is 22.4 Å². The number of nitrogens with one attached hydrogen (secondary N) is 1. The largest absolute Gasteiger partial charge is 0.492 e. The molecular weight excluding hydrogens is 423 g/mol. The van der Waals surface area contributed by atoms with Gasteiger partial charge in [0.1, 0.15) is 23.9 Å². The Labute approximate surface area is 192 Å². The van der Waals surface area contributed by atoms with Gasteiger partial charge in [-0.2, -0.15) is 0 Å². The lowest BCUT2D eigenvalue weighted by atomic mass is 10.1. The second kappa shape index (κ2) is 10.8. The number of halogens is 1. The number of hydrogen-bond acceptors (Lipinski definition) is 4. The molecule has 4 rings (SSSR count). The SMILES string of the molecule is CCOc1ccccc1NC(=O)N1CCOc2ccc(COCc3cccc(F)c3)cc2C1. The third-order valence-electron chi connectivity index (χ3n) is 5.25. The summed E-state index contributed by atoms with van der Waals surface area (Å²) in [6, 6.07) is 19.4. The highest BCUT2D eigenvalue weighted by Gasteiger charge is 2.21. The molecule has 1 aliphatic rings. The first-order valence-electron chi connectivity index (χ1n) is 11.0. The second-order valence-corrected chi connectivity index (χ2v) is 7.69. The Morgan fingerprint density at radius 2 is 1.88 bits per heavy atom. The lowest BCUT2D eigenvalue weighted by molar-refractivity contribution is 0.107. The van der Waals surface area contributed by atoms with Crippen LogP contribution in [0.3, 0.4) is 0 Å². The van der Waals surface area contributed by atoms with E-state index < -0.39 is 0 Å². The normalized spacial score (nSPS) is 13.0. The average molecular weight is 451 g/mol. The second-order valence-electron chi connectivity index (χ2n) is 7.69. The van der Waals surface area contributed by atoms with Crippen molar-refractivity contribution in [1.82, 2.24) is 4.90 Å². The van der Waals surface area contributed by atoms with E-state index >= 15 is 0 Å². The van der Waals surface area contributed by atoms with Crippen LogP contribution >= 0.6 is 0 Å². The van der Waals surface area contributed by atoms with Gasteiger partial charge in [-0.25, -0.2) is 9.18 Å². The van der Waals surface area contributed by atoms with Crippen molar-refractivity contribution in [1.29, 1.82) is 0 Å². The molecule has 2 amide bonds. The number of urea groups is 1. The summed E-state index contributed by atoms with van der Waals surface area (Å²) in [5.41, 5.74) is 3.28. The highest BCUT2D eigenvalue weighted by atomic mass is 19.1. The van der Waals surface area contributed by atoms with Crippen LogP contribution in [0.4, 0.5) is 14.9 Å². The van der Waals surface area contributed by atoms with Crippen LogP contribution in [0.2, 0.25) is 0 Å². The van der Waals surface area contributed by atoms with Crippen LogP contribution < -0.4 is 14.8 Å². The summed E-state index contributed by atoms with van der Waals surface area (Å²) < 4.78 is 30.5. The summed E-state index contributed by atoms with van der Waals surface area (Å²) in [7, 11) is 0. The number of carbonyl (C=O) groups excluding carboxylic acids is 1. The molecule has 0 saturated heterocycles. The summed E-state index contributed by atoms with van der Waals surface area (Å²) in [4.78, 5) is 14.7. The molecule has 0 atom stereocenters. The minimum absolute atomic E-state index is 0.216. The quantitative estimate of drug-likeness (QED) is 0.526. The Balaban J connectivity index is 1.40. The molecule has 7 heteroatoms. The molecule has 33 heavy (non-hydrogen) atoms. The van der Waals surface area contributed by atoms with Crippen molar-refractivity contribution >= 4 is 11.7 Å². The molecule has 0 radical (unpaired) electrons. The standard InChI is InChI=1S/C26H27FN2O4/c1-2-32-25-9-4-3-8-23(25)28-26(30)29-12-13-33-24-11-10-20(14-21(24)16-29)18-31-17-19-6-5-7-22(27)15-19/h3-11,14-15H,2,12-13,16-18H2,1H3,(H,28,30). The molecule has 6 nitrogen and oxygen atoms in total. The number of hydrogen-bond donors (Lipinski definition) is 1. The molecule has 0 saturated carbocycles. The molecule has 3 aromatic rings. The van der Waals surface area contributed by atoms with Gasteiger partial charge in [-0.15, -0.1) is 0 Å². The zero-order chi connectivity index (χ0) is 23.0. The van der Waals surface area contributed by atoms with Crippen LogP contribution in [0.25, 0.3) is 0 Å². The number of rotatable bonds is 7. The van der Waals surface area contributed by atoms with E-state index in [1.54, 1.807) is 11.0 Å². The number of fused-ring (bicyclic) bond motifs is 1. The first kappa shape index (κ1) is 22.6. The van der Waals surface area contributed by atoms with Crippen molar-refractivity contribution in [2.45, 2.75) is 26.7 Å². The molecule has 172 valence electrons. The maximum Gasteiger partial charge on any atom is 0.322 e. The lowest BCUT2D eigenvalue weighted by Gasteiger charge is -2.21. The third kappa shape index (κ3) is 6.02. The average Bonchev–Trinajstić information content (AvgIpc) is 3.03. The third-order valence-corrected chi connectivity index (χ3v) is 5.25. The number of carbonyl (C=O) groups is 1. The maximum atomic E-state index is 13.3. The molecule has 1 heterocycles. The first-order chi connectivity index (χ1) is 16.1. The van der Waals surface area contributed by atoms with Crippen LogP contribution in [0, 0.1) is 5.82 Å². The summed E-state index contributed by atoms with van der Waals surface area (Å²) >= 11 is 0. The molecule has 1 N–H and O–H groups in total. The smallest absolute Gasteiger partial charge is 0.322 e. The Hall–Kier alpha value is -3.58. The van der Waals surface area contributed by atoms with Gasteiger partial charge >= 0.3 is 6.03 Å². The molecule has 1 aliphatic heterocycles. The predicted octanol–water partition coefficient (Wildman–Crippen LogP) is 5.37. The van der Waals surface area contributed by atoms with E-state index in [4.69, 9.17) is 14.2 Å². The van der Waals surface area contributed by atoms with E-state index in [9.17, 15) is 9.18 Å². The van der Waals surface area contributed by atoms with Gasteiger partial charge in [0.15, 0.2) is 0 Å². The highest BCUT2D eigenvalue weighted by molar-refractivity contribution is 5.91. The minimum atomic E-state index is -0.277. The number of amides is 2. The Morgan fingerprint density at radius 3 is 2.70 bits per heavy atom. The van der Waals surface area contributed by atoms with Crippen molar-refractivity contribution in [2.75, 3.05) is 25.1 Å². The lowest BCUT2D eigenvalue weighted by Crippen LogP contribution is -2.36.